The quantitative estimate of drug-likeness (QED) is 0.576. The standard InChI is InChI=1S/C18H25N3O6S/c1-24-11-12-26-13-17-19-18(20-27-17)14-7-9-21(10-8-14)28(22,23)16-5-3-15(25-2)4-6-16/h3-6,14H,7-13H2,1-2H3. The zero-order valence-electron chi connectivity index (χ0n) is 16.0. The van der Waals surface area contributed by atoms with Gasteiger partial charge in [-0.1, -0.05) is 5.16 Å². The Morgan fingerprint density at radius 2 is 1.86 bits per heavy atom. The molecule has 0 aliphatic carbocycles. The summed E-state index contributed by atoms with van der Waals surface area (Å²) >= 11 is 0. The molecule has 28 heavy (non-hydrogen) atoms. The van der Waals surface area contributed by atoms with E-state index in [0.29, 0.717) is 56.6 Å². The molecule has 0 bridgehead atoms. The zero-order chi connectivity index (χ0) is 20.0. The van der Waals surface area contributed by atoms with Crippen LogP contribution >= 0.6 is 0 Å². The molecule has 1 saturated heterocycles. The Kier molecular flexibility index (Phi) is 7.00. The van der Waals surface area contributed by atoms with E-state index in [1.54, 1.807) is 38.5 Å². The van der Waals surface area contributed by atoms with Crippen molar-refractivity contribution < 1.29 is 27.2 Å². The van der Waals surface area contributed by atoms with Crippen molar-refractivity contribution in [3.8, 4) is 5.75 Å². The molecule has 2 heterocycles. The van der Waals surface area contributed by atoms with Gasteiger partial charge in [-0.05, 0) is 37.1 Å². The summed E-state index contributed by atoms with van der Waals surface area (Å²) in [5, 5.41) is 4.02. The molecule has 154 valence electrons. The Hall–Kier alpha value is -2.01. The number of hydrogen-bond acceptors (Lipinski definition) is 8. The zero-order valence-corrected chi connectivity index (χ0v) is 16.9. The highest BCUT2D eigenvalue weighted by atomic mass is 32.2. The van der Waals surface area contributed by atoms with E-state index in [2.05, 4.69) is 10.1 Å². The highest BCUT2D eigenvalue weighted by Gasteiger charge is 2.31. The van der Waals surface area contributed by atoms with Crippen LogP contribution in [0, 0.1) is 0 Å². The average molecular weight is 411 g/mol. The van der Waals surface area contributed by atoms with Crippen LogP contribution in [0.5, 0.6) is 5.75 Å². The van der Waals surface area contributed by atoms with Gasteiger partial charge in [-0.3, -0.25) is 0 Å². The van der Waals surface area contributed by atoms with E-state index >= 15 is 0 Å². The van der Waals surface area contributed by atoms with Gasteiger partial charge in [0.25, 0.3) is 5.89 Å². The molecule has 0 amide bonds. The lowest BCUT2D eigenvalue weighted by molar-refractivity contribution is 0.0494. The van der Waals surface area contributed by atoms with Gasteiger partial charge in [0.15, 0.2) is 5.82 Å². The maximum absolute atomic E-state index is 12.8. The molecule has 0 saturated carbocycles. The third-order valence-electron chi connectivity index (χ3n) is 4.66. The van der Waals surface area contributed by atoms with Crippen molar-refractivity contribution >= 4 is 10.0 Å². The lowest BCUT2D eigenvalue weighted by Crippen LogP contribution is -2.38. The van der Waals surface area contributed by atoms with Gasteiger partial charge in [-0.25, -0.2) is 8.42 Å². The molecular weight excluding hydrogens is 386 g/mol. The molecule has 1 aliphatic rings. The number of piperidine rings is 1. The normalized spacial score (nSPS) is 16.4. The molecule has 10 heteroatoms. The molecule has 1 aliphatic heterocycles. The fourth-order valence-corrected chi connectivity index (χ4v) is 4.52. The van der Waals surface area contributed by atoms with Crippen LogP contribution in [0.3, 0.4) is 0 Å². The van der Waals surface area contributed by atoms with E-state index in [9.17, 15) is 8.42 Å². The summed E-state index contributed by atoms with van der Waals surface area (Å²) in [7, 11) is -0.372. The van der Waals surface area contributed by atoms with E-state index < -0.39 is 10.0 Å². The van der Waals surface area contributed by atoms with Gasteiger partial charge in [-0.2, -0.15) is 9.29 Å². The molecule has 1 fully saturated rings. The lowest BCUT2D eigenvalue weighted by Gasteiger charge is -2.29. The third kappa shape index (κ3) is 4.88. The molecule has 9 nitrogen and oxygen atoms in total. The molecule has 0 radical (unpaired) electrons. The maximum atomic E-state index is 12.8. The van der Waals surface area contributed by atoms with E-state index in [4.69, 9.17) is 18.7 Å². The average Bonchev–Trinajstić information content (AvgIpc) is 3.20. The Bertz CT molecular complexity index is 844. The van der Waals surface area contributed by atoms with E-state index in [0.717, 1.165) is 0 Å². The van der Waals surface area contributed by atoms with Gasteiger partial charge in [-0.15, -0.1) is 0 Å². The summed E-state index contributed by atoms with van der Waals surface area (Å²) in [6, 6.07) is 6.43. The van der Waals surface area contributed by atoms with E-state index in [-0.39, 0.29) is 17.4 Å². The molecule has 0 spiro atoms. The predicted octanol–water partition coefficient (Wildman–Crippen LogP) is 1.81. The second kappa shape index (κ2) is 9.46. The first-order chi connectivity index (χ1) is 13.5. The van der Waals surface area contributed by atoms with Crippen LogP contribution in [-0.2, 0) is 26.1 Å². The van der Waals surface area contributed by atoms with Crippen molar-refractivity contribution in [2.75, 3.05) is 40.5 Å². The van der Waals surface area contributed by atoms with Crippen molar-refractivity contribution in [2.45, 2.75) is 30.3 Å². The van der Waals surface area contributed by atoms with Crippen molar-refractivity contribution in [2.24, 2.45) is 0 Å². The highest BCUT2D eigenvalue weighted by Crippen LogP contribution is 2.29. The van der Waals surface area contributed by atoms with Gasteiger partial charge < -0.3 is 18.7 Å². The summed E-state index contributed by atoms with van der Waals surface area (Å²) in [6.07, 6.45) is 1.28. The van der Waals surface area contributed by atoms with Gasteiger partial charge in [0, 0.05) is 26.1 Å². The summed E-state index contributed by atoms with van der Waals surface area (Å²) in [5.74, 6) is 1.71. The van der Waals surface area contributed by atoms with Crippen LogP contribution in [0.4, 0.5) is 0 Å². The number of hydrogen-bond donors (Lipinski definition) is 0. The minimum absolute atomic E-state index is 0.0683. The number of benzene rings is 1. The fourth-order valence-electron chi connectivity index (χ4n) is 3.05. The van der Waals surface area contributed by atoms with E-state index in [1.807, 2.05) is 0 Å². The van der Waals surface area contributed by atoms with Gasteiger partial charge >= 0.3 is 0 Å². The van der Waals surface area contributed by atoms with E-state index in [1.165, 1.54) is 4.31 Å². The fraction of sp³-hybridized carbons (Fsp3) is 0.556. The van der Waals surface area contributed by atoms with Crippen LogP contribution in [-0.4, -0.2) is 63.4 Å². The Morgan fingerprint density at radius 1 is 1.14 bits per heavy atom. The van der Waals surface area contributed by atoms with Crippen molar-refractivity contribution in [1.82, 2.24) is 14.4 Å². The second-order valence-corrected chi connectivity index (χ2v) is 8.38. The minimum atomic E-state index is -3.52. The number of methoxy groups -OCH3 is 2. The maximum Gasteiger partial charge on any atom is 0.252 e. The van der Waals surface area contributed by atoms with Crippen LogP contribution in [0.2, 0.25) is 0 Å². The third-order valence-corrected chi connectivity index (χ3v) is 6.57. The Balaban J connectivity index is 1.56. The minimum Gasteiger partial charge on any atom is -0.497 e. The largest absolute Gasteiger partial charge is 0.497 e. The first-order valence-corrected chi connectivity index (χ1v) is 10.5. The predicted molar refractivity (Wildman–Crippen MR) is 99.6 cm³/mol. The van der Waals surface area contributed by atoms with Crippen molar-refractivity contribution in [1.29, 1.82) is 0 Å². The Labute approximate surface area is 164 Å². The monoisotopic (exact) mass is 411 g/mol. The summed E-state index contributed by atoms with van der Waals surface area (Å²) < 4.78 is 47.7. The lowest BCUT2D eigenvalue weighted by atomic mass is 9.98. The second-order valence-electron chi connectivity index (χ2n) is 6.45. The van der Waals surface area contributed by atoms with Crippen LogP contribution in [0.1, 0.15) is 30.5 Å². The number of ether oxygens (including phenoxy) is 3. The van der Waals surface area contributed by atoms with Crippen LogP contribution in [0.25, 0.3) is 0 Å². The smallest absolute Gasteiger partial charge is 0.252 e. The number of nitrogens with zero attached hydrogens (tertiary/aromatic N) is 3. The van der Waals surface area contributed by atoms with Gasteiger partial charge in [0.1, 0.15) is 12.4 Å². The number of sulfonamides is 1. The van der Waals surface area contributed by atoms with Crippen molar-refractivity contribution in [3.05, 3.63) is 36.0 Å². The number of aromatic nitrogens is 2. The molecular formula is C18H25N3O6S. The Morgan fingerprint density at radius 3 is 2.50 bits per heavy atom. The summed E-state index contributed by atoms with van der Waals surface area (Å²) in [4.78, 5) is 4.64. The van der Waals surface area contributed by atoms with Gasteiger partial charge in [0.2, 0.25) is 10.0 Å². The summed E-state index contributed by atoms with van der Waals surface area (Å²) in [6.45, 7) is 2.01. The molecule has 1 aromatic carbocycles. The molecule has 0 N–H and O–H groups in total. The van der Waals surface area contributed by atoms with Gasteiger partial charge in [0.05, 0.1) is 25.2 Å². The summed E-state index contributed by atoms with van der Waals surface area (Å²) in [5.41, 5.74) is 0. The van der Waals surface area contributed by atoms with Crippen LogP contribution < -0.4 is 4.74 Å². The molecule has 0 unspecified atom stereocenters. The van der Waals surface area contributed by atoms with Crippen LogP contribution in [0.15, 0.2) is 33.7 Å². The molecule has 2 aromatic rings. The highest BCUT2D eigenvalue weighted by molar-refractivity contribution is 7.89. The first kappa shape index (κ1) is 20.7. The molecule has 1 aromatic heterocycles. The molecule has 0 atom stereocenters. The molecule has 3 rings (SSSR count). The van der Waals surface area contributed by atoms with Crippen molar-refractivity contribution in [3.63, 3.8) is 0 Å². The number of rotatable bonds is 9. The SMILES string of the molecule is COCCOCc1nc(C2CCN(S(=O)(=O)c3ccc(OC)cc3)CC2)no1. The topological polar surface area (TPSA) is 104 Å². The first-order valence-electron chi connectivity index (χ1n) is 9.08.